The smallest absolute Gasteiger partial charge is 0.382 e. The summed E-state index contributed by atoms with van der Waals surface area (Å²) in [6, 6.07) is 4.95. The zero-order valence-corrected chi connectivity index (χ0v) is 20.3. The molecule has 2 aromatic rings. The summed E-state index contributed by atoms with van der Waals surface area (Å²) in [6.45, 7) is 4.19. The van der Waals surface area contributed by atoms with Gasteiger partial charge in [-0.3, -0.25) is 9.59 Å². The second-order valence-corrected chi connectivity index (χ2v) is 10.4. The number of alkyl halides is 3. The summed E-state index contributed by atoms with van der Waals surface area (Å²) >= 11 is 0. The van der Waals surface area contributed by atoms with E-state index in [1.807, 2.05) is 13.8 Å². The minimum atomic E-state index is -4.77. The van der Waals surface area contributed by atoms with Crippen molar-refractivity contribution in [2.45, 2.75) is 70.6 Å². The van der Waals surface area contributed by atoms with Crippen LogP contribution < -0.4 is 16.4 Å². The molecular formula is C26H30F3N5O2. The van der Waals surface area contributed by atoms with E-state index >= 15 is 0 Å². The number of halogens is 3. The molecule has 192 valence electrons. The van der Waals surface area contributed by atoms with Crippen molar-refractivity contribution in [2.75, 3.05) is 11.9 Å². The molecule has 0 aliphatic heterocycles. The summed E-state index contributed by atoms with van der Waals surface area (Å²) < 4.78 is 42.7. The van der Waals surface area contributed by atoms with Gasteiger partial charge in [-0.1, -0.05) is 19.8 Å². The van der Waals surface area contributed by atoms with Crippen molar-refractivity contribution >= 4 is 17.4 Å². The number of terminal acetylenes is 1. The molecule has 0 unspecified atom stereocenters. The highest BCUT2D eigenvalue weighted by atomic mass is 19.4. The number of nitrogens with zero attached hydrogens (tertiary/aromatic N) is 2. The van der Waals surface area contributed by atoms with E-state index in [4.69, 9.17) is 12.2 Å². The van der Waals surface area contributed by atoms with Gasteiger partial charge in [0.25, 0.3) is 5.91 Å². The van der Waals surface area contributed by atoms with Gasteiger partial charge in [0.2, 0.25) is 0 Å². The number of ketones is 1. The Hall–Kier alpha value is -3.32. The van der Waals surface area contributed by atoms with Crippen LogP contribution in [0.1, 0.15) is 78.1 Å². The molecule has 4 N–H and O–H groups in total. The first kappa shape index (κ1) is 25.8. The summed E-state index contributed by atoms with van der Waals surface area (Å²) in [4.78, 5) is 24.9. The normalized spacial score (nSPS) is 21.5. The molecule has 0 saturated heterocycles. The van der Waals surface area contributed by atoms with Gasteiger partial charge in [-0.05, 0) is 55.7 Å². The van der Waals surface area contributed by atoms with Crippen molar-refractivity contribution in [3.8, 4) is 18.0 Å². The van der Waals surface area contributed by atoms with Gasteiger partial charge in [-0.25, -0.2) is 4.68 Å². The minimum Gasteiger partial charge on any atom is -0.382 e. The first-order chi connectivity index (χ1) is 16.9. The highest BCUT2D eigenvalue weighted by molar-refractivity contribution is 6.00. The van der Waals surface area contributed by atoms with Crippen LogP contribution >= 0.6 is 0 Å². The van der Waals surface area contributed by atoms with E-state index in [0.29, 0.717) is 24.0 Å². The molecule has 1 saturated carbocycles. The Kier molecular flexibility index (Phi) is 6.88. The Morgan fingerprint density at radius 2 is 1.89 bits per heavy atom. The molecule has 0 radical (unpaired) electrons. The fraction of sp³-hybridized carbons (Fsp3) is 0.500. The van der Waals surface area contributed by atoms with Crippen LogP contribution in [0.3, 0.4) is 0 Å². The molecule has 2 aliphatic carbocycles. The van der Waals surface area contributed by atoms with E-state index < -0.39 is 29.0 Å². The number of benzene rings is 1. The molecule has 36 heavy (non-hydrogen) atoms. The van der Waals surface area contributed by atoms with Gasteiger partial charge in [-0.15, -0.1) is 6.42 Å². The summed E-state index contributed by atoms with van der Waals surface area (Å²) in [5.74, 6) is 1.35. The lowest BCUT2D eigenvalue weighted by atomic mass is 9.75. The summed E-state index contributed by atoms with van der Waals surface area (Å²) in [7, 11) is 0. The molecule has 0 bridgehead atoms. The Morgan fingerprint density at radius 1 is 1.22 bits per heavy atom. The molecule has 1 aromatic heterocycles. The van der Waals surface area contributed by atoms with E-state index in [1.54, 1.807) is 6.07 Å². The van der Waals surface area contributed by atoms with Crippen LogP contribution in [0.2, 0.25) is 0 Å². The standard InChI is InChI=1S/C26H30F3N5O2/c1-4-11-31-15-5-7-16(8-6-15)32-19-12-17(9-10-18(19)24(30)36)34-20-13-25(2,3)14-21(35)22(20)23(33-34)26(27,28)29/h1,9-10,12,15-16,31-32H,5-8,11,13-14H2,2-3H3,(H2,30,36)/t15-,16-. The van der Waals surface area contributed by atoms with Gasteiger partial charge < -0.3 is 16.4 Å². The molecule has 1 fully saturated rings. The van der Waals surface area contributed by atoms with E-state index in [2.05, 4.69) is 21.7 Å². The van der Waals surface area contributed by atoms with Gasteiger partial charge in [0, 0.05) is 24.2 Å². The molecule has 4 rings (SSSR count). The van der Waals surface area contributed by atoms with Crippen molar-refractivity contribution in [3.05, 3.63) is 40.7 Å². The number of rotatable bonds is 6. The summed E-state index contributed by atoms with van der Waals surface area (Å²) in [5.41, 5.74) is 4.75. The fourth-order valence-corrected chi connectivity index (χ4v) is 5.22. The Labute approximate surface area is 208 Å². The first-order valence-corrected chi connectivity index (χ1v) is 12.0. The lowest BCUT2D eigenvalue weighted by molar-refractivity contribution is -0.141. The zero-order chi connectivity index (χ0) is 26.3. The number of aromatic nitrogens is 2. The average Bonchev–Trinajstić information content (AvgIpc) is 3.17. The number of primary amides is 1. The number of nitrogens with one attached hydrogen (secondary N) is 2. The van der Waals surface area contributed by atoms with E-state index in [-0.39, 0.29) is 35.7 Å². The average molecular weight is 502 g/mol. The number of amides is 1. The lowest BCUT2D eigenvalue weighted by Gasteiger charge is -2.31. The molecule has 7 nitrogen and oxygen atoms in total. The maximum Gasteiger partial charge on any atom is 0.435 e. The first-order valence-electron chi connectivity index (χ1n) is 12.0. The van der Waals surface area contributed by atoms with Crippen LogP contribution in [0, 0.1) is 17.8 Å². The molecule has 0 atom stereocenters. The van der Waals surface area contributed by atoms with E-state index in [1.165, 1.54) is 16.8 Å². The third kappa shape index (κ3) is 5.26. The quantitative estimate of drug-likeness (QED) is 0.518. The van der Waals surface area contributed by atoms with Gasteiger partial charge in [0.15, 0.2) is 11.5 Å². The van der Waals surface area contributed by atoms with Crippen LogP contribution in [0.5, 0.6) is 0 Å². The highest BCUT2D eigenvalue weighted by Gasteiger charge is 2.45. The van der Waals surface area contributed by atoms with Crippen molar-refractivity contribution in [1.29, 1.82) is 0 Å². The number of Topliss-reactive ketones (excluding diaryl/α,β-unsaturated/α-hetero) is 1. The Balaban J connectivity index is 1.70. The van der Waals surface area contributed by atoms with Crippen LogP contribution in [0.15, 0.2) is 18.2 Å². The van der Waals surface area contributed by atoms with Crippen molar-refractivity contribution in [3.63, 3.8) is 0 Å². The second kappa shape index (κ2) is 9.62. The zero-order valence-electron chi connectivity index (χ0n) is 20.3. The molecule has 1 heterocycles. The molecule has 1 aromatic carbocycles. The number of carbonyl (C=O) groups excluding carboxylic acids is 2. The van der Waals surface area contributed by atoms with Crippen LogP contribution in [-0.4, -0.2) is 40.1 Å². The topological polar surface area (TPSA) is 102 Å². The number of hydrogen-bond acceptors (Lipinski definition) is 5. The number of nitrogens with two attached hydrogens (primary N) is 1. The number of fused-ring (bicyclic) bond motifs is 1. The molecule has 0 spiro atoms. The number of hydrogen-bond donors (Lipinski definition) is 3. The summed E-state index contributed by atoms with van der Waals surface area (Å²) in [5, 5.41) is 10.5. The van der Waals surface area contributed by atoms with E-state index in [0.717, 1.165) is 25.7 Å². The maximum atomic E-state index is 13.8. The van der Waals surface area contributed by atoms with Gasteiger partial charge in [0.1, 0.15) is 0 Å². The van der Waals surface area contributed by atoms with Crippen molar-refractivity contribution < 1.29 is 22.8 Å². The minimum absolute atomic E-state index is 0.0149. The predicted molar refractivity (Wildman–Crippen MR) is 130 cm³/mol. The third-order valence-corrected chi connectivity index (χ3v) is 6.91. The van der Waals surface area contributed by atoms with Gasteiger partial charge in [-0.2, -0.15) is 18.3 Å². The predicted octanol–water partition coefficient (Wildman–Crippen LogP) is 4.09. The highest BCUT2D eigenvalue weighted by Crippen LogP contribution is 2.42. The molecule has 2 aliphatic rings. The van der Waals surface area contributed by atoms with Crippen LogP contribution in [0.4, 0.5) is 18.9 Å². The Morgan fingerprint density at radius 3 is 2.50 bits per heavy atom. The van der Waals surface area contributed by atoms with E-state index in [9.17, 15) is 22.8 Å². The fourth-order valence-electron chi connectivity index (χ4n) is 5.22. The third-order valence-electron chi connectivity index (χ3n) is 6.91. The van der Waals surface area contributed by atoms with Gasteiger partial charge >= 0.3 is 6.18 Å². The summed E-state index contributed by atoms with van der Waals surface area (Å²) in [6.07, 6.45) is 4.25. The molecule has 1 amide bonds. The monoisotopic (exact) mass is 501 g/mol. The van der Waals surface area contributed by atoms with Crippen molar-refractivity contribution in [2.24, 2.45) is 11.1 Å². The second-order valence-electron chi connectivity index (χ2n) is 10.4. The SMILES string of the molecule is C#CCN[C@H]1CC[C@H](Nc2cc(-n3nc(C(F)(F)F)c4c3CC(C)(C)CC4=O)ccc2C(N)=O)CC1. The lowest BCUT2D eigenvalue weighted by Crippen LogP contribution is -2.37. The van der Waals surface area contributed by atoms with Crippen LogP contribution in [-0.2, 0) is 12.6 Å². The number of anilines is 1. The van der Waals surface area contributed by atoms with Gasteiger partial charge in [0.05, 0.1) is 29.1 Å². The molecular weight excluding hydrogens is 471 g/mol. The number of carbonyl (C=O) groups is 2. The largest absolute Gasteiger partial charge is 0.435 e. The van der Waals surface area contributed by atoms with Crippen molar-refractivity contribution in [1.82, 2.24) is 15.1 Å². The maximum absolute atomic E-state index is 13.8. The van der Waals surface area contributed by atoms with Crippen LogP contribution in [0.25, 0.3) is 5.69 Å². The Bertz CT molecular complexity index is 1220. The molecule has 10 heteroatoms.